The van der Waals surface area contributed by atoms with Gasteiger partial charge in [-0.3, -0.25) is 9.78 Å². The Hall–Kier alpha value is -2.70. The van der Waals surface area contributed by atoms with E-state index >= 15 is 0 Å². The molecule has 0 atom stereocenters. The van der Waals surface area contributed by atoms with E-state index in [1.807, 2.05) is 39.0 Å². The van der Waals surface area contributed by atoms with Gasteiger partial charge in [0, 0.05) is 58.5 Å². The number of ketones is 1. The van der Waals surface area contributed by atoms with Crippen molar-refractivity contribution in [1.82, 2.24) is 9.97 Å². The second-order valence-electron chi connectivity index (χ2n) is 18.1. The molecule has 56 heavy (non-hydrogen) atoms. The van der Waals surface area contributed by atoms with Crippen molar-refractivity contribution in [3.05, 3.63) is 78.3 Å². The SMILES string of the molecule is CC(C)C[Si](CC(C)C)(CC(C)C)c1cccc2c1sc1c(-c3[c-]c4ccccc4c(C(C)(C)C)c3)ncnc12.CCC(CC)C(=O)/C=C(\O)C(CC)CC.[Ir]. The molecule has 7 heteroatoms. The molecule has 0 bridgehead atoms. The predicted molar refractivity (Wildman–Crippen MR) is 244 cm³/mol. The number of aliphatic hydroxyl groups excluding tert-OH is 1. The van der Waals surface area contributed by atoms with Crippen LogP contribution in [0.2, 0.25) is 18.1 Å². The third-order valence-corrected chi connectivity index (χ3v) is 18.9. The zero-order valence-corrected chi connectivity index (χ0v) is 40.8. The van der Waals surface area contributed by atoms with E-state index in [4.69, 9.17) is 9.97 Å². The maximum atomic E-state index is 11.7. The molecule has 1 radical (unpaired) electrons. The first-order chi connectivity index (χ1) is 26.0. The molecule has 0 aliphatic heterocycles. The quantitative estimate of drug-likeness (QED) is 0.0491. The fourth-order valence-corrected chi connectivity index (χ4v) is 17.8. The summed E-state index contributed by atoms with van der Waals surface area (Å²) in [5.41, 5.74) is 4.52. The number of rotatable bonds is 15. The second-order valence-corrected chi connectivity index (χ2v) is 23.5. The van der Waals surface area contributed by atoms with E-state index in [2.05, 4.69) is 117 Å². The van der Waals surface area contributed by atoms with Crippen molar-refractivity contribution in [2.45, 2.75) is 139 Å². The van der Waals surface area contributed by atoms with Crippen LogP contribution in [0, 0.1) is 35.7 Å². The molecule has 1 N–H and O–H groups in total. The van der Waals surface area contributed by atoms with Gasteiger partial charge in [-0.05, 0) is 54.0 Å². The zero-order valence-electron chi connectivity index (χ0n) is 36.6. The normalized spacial score (nSPS) is 12.7. The molecular weight excluding hydrogens is 901 g/mol. The summed E-state index contributed by atoms with van der Waals surface area (Å²) in [6, 6.07) is 25.8. The molecule has 0 unspecified atom stereocenters. The third kappa shape index (κ3) is 11.3. The Kier molecular flexibility index (Phi) is 17.7. The van der Waals surface area contributed by atoms with Crippen LogP contribution in [0.5, 0.6) is 0 Å². The van der Waals surface area contributed by atoms with Gasteiger partial charge in [-0.1, -0.05) is 155 Å². The van der Waals surface area contributed by atoms with Gasteiger partial charge in [-0.2, -0.15) is 0 Å². The minimum absolute atomic E-state index is 0. The molecule has 0 aliphatic rings. The number of thiophene rings is 1. The van der Waals surface area contributed by atoms with E-state index < -0.39 is 8.07 Å². The van der Waals surface area contributed by atoms with Gasteiger partial charge in [0.05, 0.1) is 19.3 Å². The van der Waals surface area contributed by atoms with E-state index in [1.54, 1.807) is 11.5 Å². The fourth-order valence-electron chi connectivity index (χ4n) is 8.89. The van der Waals surface area contributed by atoms with Gasteiger partial charge in [0.1, 0.15) is 6.33 Å². The fraction of sp³-hybridized carbons (Fsp3) is 0.531. The first kappa shape index (κ1) is 47.7. The number of benzene rings is 3. The van der Waals surface area contributed by atoms with Crippen LogP contribution < -0.4 is 5.19 Å². The molecule has 4 nitrogen and oxygen atoms in total. The Balaban J connectivity index is 0.000000448. The number of carbonyl (C=O) groups is 1. The maximum absolute atomic E-state index is 11.7. The minimum atomic E-state index is -1.80. The van der Waals surface area contributed by atoms with Crippen LogP contribution in [0.25, 0.3) is 42.3 Å². The predicted octanol–water partition coefficient (Wildman–Crippen LogP) is 14.3. The third-order valence-electron chi connectivity index (χ3n) is 11.2. The van der Waals surface area contributed by atoms with E-state index in [9.17, 15) is 9.90 Å². The van der Waals surface area contributed by atoms with Gasteiger partial charge in [-0.15, -0.1) is 40.5 Å². The first-order valence-electron chi connectivity index (χ1n) is 21.1. The molecule has 307 valence electrons. The van der Waals surface area contributed by atoms with Gasteiger partial charge in [0.25, 0.3) is 0 Å². The number of fused-ring (bicyclic) bond motifs is 4. The average molecular weight is 970 g/mol. The molecule has 5 aromatic rings. The molecule has 0 spiro atoms. The van der Waals surface area contributed by atoms with Gasteiger partial charge in [-0.25, -0.2) is 4.98 Å². The molecule has 0 amide bonds. The summed E-state index contributed by atoms with van der Waals surface area (Å²) in [6.07, 6.45) is 6.67. The topological polar surface area (TPSA) is 63.1 Å². The summed E-state index contributed by atoms with van der Waals surface area (Å²) in [7, 11) is -1.80. The van der Waals surface area contributed by atoms with Crippen molar-refractivity contribution >= 4 is 61.5 Å². The molecule has 5 rings (SSSR count). The Morgan fingerprint density at radius 3 is 1.88 bits per heavy atom. The van der Waals surface area contributed by atoms with Gasteiger partial charge in [0.2, 0.25) is 0 Å². The molecule has 3 aromatic carbocycles. The minimum Gasteiger partial charge on any atom is -0.512 e. The van der Waals surface area contributed by atoms with Gasteiger partial charge in [0.15, 0.2) is 5.78 Å². The zero-order chi connectivity index (χ0) is 40.7. The van der Waals surface area contributed by atoms with Crippen molar-refractivity contribution in [3.63, 3.8) is 0 Å². The summed E-state index contributed by atoms with van der Waals surface area (Å²) in [4.78, 5) is 21.5. The van der Waals surface area contributed by atoms with Crippen LogP contribution in [0.4, 0.5) is 0 Å². The van der Waals surface area contributed by atoms with E-state index in [-0.39, 0.29) is 48.9 Å². The van der Waals surface area contributed by atoms with Crippen LogP contribution in [0.3, 0.4) is 0 Å². The van der Waals surface area contributed by atoms with Crippen LogP contribution in [-0.2, 0) is 30.3 Å². The summed E-state index contributed by atoms with van der Waals surface area (Å²) >= 11 is 1.93. The van der Waals surface area contributed by atoms with Crippen LogP contribution in [0.1, 0.15) is 121 Å². The van der Waals surface area contributed by atoms with Crippen molar-refractivity contribution in [3.8, 4) is 11.3 Å². The molecular formula is C49H69IrN2O2SSi-. The molecule has 2 heterocycles. The first-order valence-corrected chi connectivity index (χ1v) is 24.5. The number of allylic oxidation sites excluding steroid dienone is 2. The molecule has 0 saturated carbocycles. The van der Waals surface area contributed by atoms with Crippen LogP contribution >= 0.6 is 11.3 Å². The Bertz CT molecular complexity index is 2040. The number of aliphatic hydroxyl groups is 1. The number of hydrogen-bond acceptors (Lipinski definition) is 5. The van der Waals surface area contributed by atoms with E-state index in [0.29, 0.717) is 17.8 Å². The second kappa shape index (κ2) is 20.8. The Labute approximate surface area is 357 Å². The van der Waals surface area contributed by atoms with Crippen molar-refractivity contribution < 1.29 is 30.0 Å². The summed E-state index contributed by atoms with van der Waals surface area (Å²) < 4.78 is 2.64. The van der Waals surface area contributed by atoms with Crippen molar-refractivity contribution in [2.75, 3.05) is 0 Å². The molecule has 2 aromatic heterocycles. The largest absolute Gasteiger partial charge is 0.512 e. The van der Waals surface area contributed by atoms with Gasteiger partial charge < -0.3 is 5.11 Å². The average Bonchev–Trinajstić information content (AvgIpc) is 3.50. The number of carbonyl (C=O) groups excluding carboxylic acids is 1. The van der Waals surface area contributed by atoms with E-state index in [0.717, 1.165) is 47.8 Å². The van der Waals surface area contributed by atoms with Crippen LogP contribution in [-0.4, -0.2) is 28.9 Å². The Morgan fingerprint density at radius 2 is 1.34 bits per heavy atom. The summed E-state index contributed by atoms with van der Waals surface area (Å²) in [5.74, 6) is 2.61. The molecule has 0 aliphatic carbocycles. The monoisotopic (exact) mass is 970 g/mol. The van der Waals surface area contributed by atoms with E-state index in [1.165, 1.54) is 49.9 Å². The Morgan fingerprint density at radius 1 is 0.786 bits per heavy atom. The number of nitrogens with zero attached hydrogens (tertiary/aromatic N) is 2. The maximum Gasteiger partial charge on any atom is 0.162 e. The summed E-state index contributed by atoms with van der Waals surface area (Å²) in [6.45, 7) is 29.4. The molecule has 0 saturated heterocycles. The number of hydrogen-bond donors (Lipinski definition) is 1. The number of aromatic nitrogens is 2. The summed E-state index contributed by atoms with van der Waals surface area (Å²) in [5, 5.41) is 15.1. The van der Waals surface area contributed by atoms with Crippen molar-refractivity contribution in [1.29, 1.82) is 0 Å². The smallest absolute Gasteiger partial charge is 0.162 e. The standard InChI is InChI=1S/C36H45N2SSi.C13H24O2.Ir/c1-23(2)19-40(20-24(3)4,21-25(5)6)31-16-12-15-29-33-35(39-34(29)31)32(37-22-38-33)27-17-26-13-10-11-14-28(26)30(18-27)36(7,8)9;1-5-10(6-2)12(14)9-13(15)11(7-3)8-4;/h10-16,18,22-25H,19-21H2,1-9H3;9-11,14H,5-8H2,1-4H3;/q-1;;/b;12-9-;. The van der Waals surface area contributed by atoms with Gasteiger partial charge >= 0.3 is 0 Å². The van der Waals surface area contributed by atoms with Crippen LogP contribution in [0.15, 0.2) is 66.7 Å². The molecule has 0 fully saturated rings. The van der Waals surface area contributed by atoms with Crippen molar-refractivity contribution in [2.24, 2.45) is 29.6 Å².